The number of anilines is 1. The van der Waals surface area contributed by atoms with Crippen LogP contribution < -0.4 is 4.90 Å². The van der Waals surface area contributed by atoms with Crippen molar-refractivity contribution in [1.82, 2.24) is 4.90 Å². The van der Waals surface area contributed by atoms with Gasteiger partial charge in [-0.2, -0.15) is 0 Å². The second kappa shape index (κ2) is 6.00. The van der Waals surface area contributed by atoms with Crippen LogP contribution in [0.25, 0.3) is 0 Å². The third-order valence-electron chi connectivity index (χ3n) is 4.28. The van der Waals surface area contributed by atoms with Crippen molar-refractivity contribution < 1.29 is 24.2 Å². The van der Waals surface area contributed by atoms with Gasteiger partial charge < -0.3 is 19.6 Å². The Kier molecular flexibility index (Phi) is 4.04. The van der Waals surface area contributed by atoms with E-state index < -0.39 is 12.0 Å². The third-order valence-corrected chi connectivity index (χ3v) is 4.28. The Bertz CT molecular complexity index is 672. The molecule has 1 aromatic rings. The van der Waals surface area contributed by atoms with Crippen LogP contribution in [0.2, 0.25) is 0 Å². The monoisotopic (exact) mass is 318 g/mol. The number of carbonyl (C=O) groups is 3. The molecule has 2 heterocycles. The zero-order valence-corrected chi connectivity index (χ0v) is 12.8. The summed E-state index contributed by atoms with van der Waals surface area (Å²) in [7, 11) is 0. The number of hydrogen-bond acceptors (Lipinski definition) is 4. The van der Waals surface area contributed by atoms with E-state index in [1.165, 1.54) is 11.8 Å². The van der Waals surface area contributed by atoms with E-state index in [-0.39, 0.29) is 25.0 Å². The smallest absolute Gasteiger partial charge is 0.328 e. The van der Waals surface area contributed by atoms with E-state index in [9.17, 15) is 19.5 Å². The van der Waals surface area contributed by atoms with Crippen LogP contribution in [0.5, 0.6) is 0 Å². The molecule has 7 nitrogen and oxygen atoms in total. The largest absolute Gasteiger partial charge is 0.480 e. The molecule has 0 aromatic heterocycles. The predicted octanol–water partition coefficient (Wildman–Crippen LogP) is 0.521. The van der Waals surface area contributed by atoms with Crippen molar-refractivity contribution in [3.8, 4) is 0 Å². The standard InChI is InChI=1S/C16H18N2O5/c1-10(19)17-5-4-11-8-12(2-3-13(11)17)15(20)18-6-7-23-9-14(18)16(21)22/h2-3,8,14H,4-7,9H2,1H3,(H,21,22). The maximum Gasteiger partial charge on any atom is 0.328 e. The number of rotatable bonds is 2. The Morgan fingerprint density at radius 2 is 2.04 bits per heavy atom. The normalized spacial score (nSPS) is 20.3. The first-order valence-electron chi connectivity index (χ1n) is 7.51. The average Bonchev–Trinajstić information content (AvgIpc) is 2.97. The lowest BCUT2D eigenvalue weighted by Gasteiger charge is -2.33. The maximum atomic E-state index is 12.7. The second-order valence-corrected chi connectivity index (χ2v) is 5.69. The third kappa shape index (κ3) is 2.79. The molecule has 1 unspecified atom stereocenters. The summed E-state index contributed by atoms with van der Waals surface area (Å²) in [5.74, 6) is -1.41. The number of ether oxygens (including phenoxy) is 1. The SMILES string of the molecule is CC(=O)N1CCc2cc(C(=O)N3CCOCC3C(=O)O)ccc21. The van der Waals surface area contributed by atoms with Crippen LogP contribution in [0.4, 0.5) is 5.69 Å². The maximum absolute atomic E-state index is 12.7. The van der Waals surface area contributed by atoms with Crippen LogP contribution in [0.1, 0.15) is 22.8 Å². The molecule has 1 N–H and O–H groups in total. The van der Waals surface area contributed by atoms with Gasteiger partial charge in [-0.1, -0.05) is 0 Å². The Morgan fingerprint density at radius 1 is 1.26 bits per heavy atom. The summed E-state index contributed by atoms with van der Waals surface area (Å²) in [6, 6.07) is 4.21. The van der Waals surface area contributed by atoms with Gasteiger partial charge in [0.05, 0.1) is 13.2 Å². The van der Waals surface area contributed by atoms with Gasteiger partial charge in [0.2, 0.25) is 5.91 Å². The van der Waals surface area contributed by atoms with Gasteiger partial charge in [0.15, 0.2) is 6.04 Å². The van der Waals surface area contributed by atoms with Gasteiger partial charge in [-0.05, 0) is 30.2 Å². The molecule has 2 aliphatic heterocycles. The van der Waals surface area contributed by atoms with Crippen molar-refractivity contribution in [3.63, 3.8) is 0 Å². The quantitative estimate of drug-likeness (QED) is 0.859. The van der Waals surface area contributed by atoms with Gasteiger partial charge in [-0.15, -0.1) is 0 Å². The fourth-order valence-electron chi connectivity index (χ4n) is 3.08. The minimum atomic E-state index is -1.07. The van der Waals surface area contributed by atoms with Crippen molar-refractivity contribution in [2.75, 3.05) is 31.2 Å². The molecular formula is C16H18N2O5. The molecule has 0 spiro atoms. The molecule has 2 aliphatic rings. The summed E-state index contributed by atoms with van der Waals surface area (Å²) in [6.07, 6.45) is 0.696. The summed E-state index contributed by atoms with van der Waals surface area (Å²) >= 11 is 0. The van der Waals surface area contributed by atoms with Gasteiger partial charge in [0.25, 0.3) is 5.91 Å². The average molecular weight is 318 g/mol. The van der Waals surface area contributed by atoms with Crippen LogP contribution in [-0.2, 0) is 20.7 Å². The number of hydrogen-bond donors (Lipinski definition) is 1. The zero-order valence-electron chi connectivity index (χ0n) is 12.8. The molecule has 0 saturated carbocycles. The fourth-order valence-corrected chi connectivity index (χ4v) is 3.08. The van der Waals surface area contributed by atoms with Crippen molar-refractivity contribution in [2.24, 2.45) is 0 Å². The van der Waals surface area contributed by atoms with E-state index >= 15 is 0 Å². The van der Waals surface area contributed by atoms with Gasteiger partial charge in [-0.3, -0.25) is 9.59 Å². The molecule has 122 valence electrons. The molecule has 0 radical (unpaired) electrons. The predicted molar refractivity (Wildman–Crippen MR) is 81.5 cm³/mol. The highest BCUT2D eigenvalue weighted by atomic mass is 16.5. The molecule has 2 amide bonds. The van der Waals surface area contributed by atoms with Gasteiger partial charge in [0.1, 0.15) is 0 Å². The number of amides is 2. The van der Waals surface area contributed by atoms with Crippen LogP contribution in [0.15, 0.2) is 18.2 Å². The van der Waals surface area contributed by atoms with E-state index in [4.69, 9.17) is 4.74 Å². The number of carboxylic acid groups (broad SMARTS) is 1. The van der Waals surface area contributed by atoms with Crippen LogP contribution in [0, 0.1) is 0 Å². The highest BCUT2D eigenvalue weighted by Crippen LogP contribution is 2.29. The lowest BCUT2D eigenvalue weighted by atomic mass is 10.1. The van der Waals surface area contributed by atoms with Crippen molar-refractivity contribution in [3.05, 3.63) is 29.3 Å². The molecule has 1 fully saturated rings. The van der Waals surface area contributed by atoms with Crippen molar-refractivity contribution in [2.45, 2.75) is 19.4 Å². The fraction of sp³-hybridized carbons (Fsp3) is 0.438. The van der Waals surface area contributed by atoms with E-state index in [0.717, 1.165) is 11.3 Å². The van der Waals surface area contributed by atoms with Crippen LogP contribution in [0.3, 0.4) is 0 Å². The van der Waals surface area contributed by atoms with Crippen molar-refractivity contribution >= 4 is 23.5 Å². The Hall–Kier alpha value is -2.41. The molecule has 1 aromatic carbocycles. The topological polar surface area (TPSA) is 87.2 Å². The molecule has 0 bridgehead atoms. The van der Waals surface area contributed by atoms with E-state index in [0.29, 0.717) is 25.1 Å². The second-order valence-electron chi connectivity index (χ2n) is 5.69. The number of morpholine rings is 1. The molecule has 0 aliphatic carbocycles. The first-order valence-corrected chi connectivity index (χ1v) is 7.51. The Balaban J connectivity index is 1.86. The summed E-state index contributed by atoms with van der Waals surface area (Å²) in [4.78, 5) is 38.5. The van der Waals surface area contributed by atoms with E-state index in [1.807, 2.05) is 0 Å². The highest BCUT2D eigenvalue weighted by molar-refractivity contribution is 5.99. The minimum absolute atomic E-state index is 0.00410. The summed E-state index contributed by atoms with van der Waals surface area (Å²) in [5, 5.41) is 9.24. The number of carbonyl (C=O) groups excluding carboxylic acids is 2. The van der Waals surface area contributed by atoms with Crippen LogP contribution >= 0.6 is 0 Å². The Morgan fingerprint density at radius 3 is 2.74 bits per heavy atom. The lowest BCUT2D eigenvalue weighted by Crippen LogP contribution is -2.52. The number of carboxylic acids is 1. The van der Waals surface area contributed by atoms with Crippen molar-refractivity contribution in [1.29, 1.82) is 0 Å². The molecule has 1 atom stereocenters. The highest BCUT2D eigenvalue weighted by Gasteiger charge is 2.34. The number of nitrogens with zero attached hydrogens (tertiary/aromatic N) is 2. The van der Waals surface area contributed by atoms with Gasteiger partial charge >= 0.3 is 5.97 Å². The summed E-state index contributed by atoms with van der Waals surface area (Å²) < 4.78 is 5.16. The summed E-state index contributed by atoms with van der Waals surface area (Å²) in [6.45, 7) is 2.71. The molecule has 3 rings (SSSR count). The minimum Gasteiger partial charge on any atom is -0.480 e. The van der Waals surface area contributed by atoms with Gasteiger partial charge in [-0.25, -0.2) is 4.79 Å². The zero-order chi connectivity index (χ0) is 16.6. The first kappa shape index (κ1) is 15.5. The van der Waals surface area contributed by atoms with Crippen LogP contribution in [-0.4, -0.2) is 60.1 Å². The number of benzene rings is 1. The first-order chi connectivity index (χ1) is 11.0. The Labute approximate surface area is 133 Å². The molecule has 1 saturated heterocycles. The van der Waals surface area contributed by atoms with E-state index in [2.05, 4.69) is 0 Å². The molecule has 23 heavy (non-hydrogen) atoms. The molecular weight excluding hydrogens is 300 g/mol. The lowest BCUT2D eigenvalue weighted by molar-refractivity contribution is -0.147. The van der Waals surface area contributed by atoms with Gasteiger partial charge in [0, 0.05) is 31.3 Å². The summed E-state index contributed by atoms with van der Waals surface area (Å²) in [5.41, 5.74) is 2.21. The number of aliphatic carboxylic acids is 1. The van der Waals surface area contributed by atoms with E-state index in [1.54, 1.807) is 23.1 Å². The number of fused-ring (bicyclic) bond motifs is 1. The molecule has 7 heteroatoms.